The normalized spacial score (nSPS) is 10.8. The molecule has 130 valence electrons. The summed E-state index contributed by atoms with van der Waals surface area (Å²) in [5.74, 6) is -0.979. The Kier molecular flexibility index (Phi) is 6.08. The lowest BCUT2D eigenvalue weighted by Gasteiger charge is -2.06. The van der Waals surface area contributed by atoms with Crippen molar-refractivity contribution in [1.82, 2.24) is 9.55 Å². The number of rotatable bonds is 7. The molecule has 8 heteroatoms. The molecule has 0 aromatic carbocycles. The Labute approximate surface area is 143 Å². The van der Waals surface area contributed by atoms with Crippen LogP contribution in [0, 0.1) is 6.92 Å². The highest BCUT2D eigenvalue weighted by atomic mass is 32.1. The zero-order valence-corrected chi connectivity index (χ0v) is 14.8. The molecular weight excluding hydrogens is 332 g/mol. The number of hydrogen-bond donors (Lipinski definition) is 0. The third kappa shape index (κ3) is 3.81. The van der Waals surface area contributed by atoms with Crippen molar-refractivity contribution in [2.24, 2.45) is 0 Å². The van der Waals surface area contributed by atoms with Crippen molar-refractivity contribution in [3.63, 3.8) is 0 Å². The smallest absolute Gasteiger partial charge is 0.348 e. The Bertz CT molecular complexity index is 809. The molecule has 0 aliphatic carbocycles. The average Bonchev–Trinajstić information content (AvgIpc) is 2.91. The van der Waals surface area contributed by atoms with Gasteiger partial charge in [-0.05, 0) is 18.9 Å². The molecule has 0 aliphatic rings. The number of aryl methyl sites for hydroxylation is 1. The molecule has 2 aromatic heterocycles. The highest BCUT2D eigenvalue weighted by Crippen LogP contribution is 2.27. The topological polar surface area (TPSA) is 87.5 Å². The number of thiophene rings is 1. The van der Waals surface area contributed by atoms with Crippen LogP contribution in [0.15, 0.2) is 11.1 Å². The molecule has 7 nitrogen and oxygen atoms in total. The Morgan fingerprint density at radius 1 is 1.33 bits per heavy atom. The molecule has 0 unspecified atom stereocenters. The van der Waals surface area contributed by atoms with Crippen LogP contribution in [0.25, 0.3) is 10.2 Å². The first-order valence-electron chi connectivity index (χ1n) is 7.72. The zero-order chi connectivity index (χ0) is 17.7. The van der Waals surface area contributed by atoms with E-state index in [0.29, 0.717) is 27.3 Å². The predicted octanol–water partition coefficient (Wildman–Crippen LogP) is 2.29. The number of hydrogen-bond acceptors (Lipinski definition) is 7. The standard InChI is InChI=1S/C16H20N2O5S/c1-4-5-6-7-23-11(19)8-18-9-17-14-12(15(18)20)10(2)13(24-14)16(21)22-3/h9H,4-8H2,1-3H3. The SMILES string of the molecule is CCCCCOC(=O)Cn1cnc2sc(C(=O)OC)c(C)c2c1=O. The van der Waals surface area contributed by atoms with Gasteiger partial charge in [-0.25, -0.2) is 9.78 Å². The van der Waals surface area contributed by atoms with Crippen molar-refractivity contribution >= 4 is 33.5 Å². The van der Waals surface area contributed by atoms with Gasteiger partial charge in [-0.15, -0.1) is 11.3 Å². The zero-order valence-electron chi connectivity index (χ0n) is 14.0. The predicted molar refractivity (Wildman–Crippen MR) is 90.4 cm³/mol. The molecule has 0 bridgehead atoms. The lowest BCUT2D eigenvalue weighted by Crippen LogP contribution is -2.25. The summed E-state index contributed by atoms with van der Waals surface area (Å²) in [7, 11) is 1.28. The van der Waals surface area contributed by atoms with Gasteiger partial charge in [0.25, 0.3) is 5.56 Å². The summed E-state index contributed by atoms with van der Waals surface area (Å²) in [6.45, 7) is 3.88. The molecule has 0 N–H and O–H groups in total. The van der Waals surface area contributed by atoms with Crippen molar-refractivity contribution in [2.45, 2.75) is 39.7 Å². The van der Waals surface area contributed by atoms with Gasteiger partial charge in [-0.2, -0.15) is 0 Å². The second kappa shape index (κ2) is 8.05. The molecule has 0 radical (unpaired) electrons. The van der Waals surface area contributed by atoms with E-state index in [0.717, 1.165) is 30.6 Å². The van der Waals surface area contributed by atoms with Crippen LogP contribution in [0.4, 0.5) is 0 Å². The van der Waals surface area contributed by atoms with Gasteiger partial charge < -0.3 is 9.47 Å². The molecule has 0 spiro atoms. The van der Waals surface area contributed by atoms with Gasteiger partial charge in [0.15, 0.2) is 0 Å². The Hall–Kier alpha value is -2.22. The van der Waals surface area contributed by atoms with E-state index < -0.39 is 11.9 Å². The highest BCUT2D eigenvalue weighted by molar-refractivity contribution is 7.20. The molecule has 0 fully saturated rings. The number of unbranched alkanes of at least 4 members (excludes halogenated alkanes) is 2. The Morgan fingerprint density at radius 2 is 2.08 bits per heavy atom. The van der Waals surface area contributed by atoms with E-state index in [9.17, 15) is 14.4 Å². The van der Waals surface area contributed by atoms with E-state index in [-0.39, 0.29) is 12.1 Å². The van der Waals surface area contributed by atoms with Gasteiger partial charge in [0, 0.05) is 0 Å². The highest BCUT2D eigenvalue weighted by Gasteiger charge is 2.20. The Balaban J connectivity index is 2.22. The summed E-state index contributed by atoms with van der Waals surface area (Å²) >= 11 is 1.10. The van der Waals surface area contributed by atoms with E-state index in [4.69, 9.17) is 9.47 Å². The molecule has 2 rings (SSSR count). The number of methoxy groups -OCH3 is 1. The maximum Gasteiger partial charge on any atom is 0.348 e. The fourth-order valence-corrected chi connectivity index (χ4v) is 3.34. The van der Waals surface area contributed by atoms with E-state index in [1.165, 1.54) is 18.0 Å². The molecule has 0 amide bonds. The van der Waals surface area contributed by atoms with Gasteiger partial charge in [0.1, 0.15) is 16.3 Å². The number of carbonyl (C=O) groups excluding carboxylic acids is 2. The number of esters is 2. The van der Waals surface area contributed by atoms with Crippen LogP contribution in [0.1, 0.15) is 41.4 Å². The van der Waals surface area contributed by atoms with Crippen molar-refractivity contribution < 1.29 is 19.1 Å². The van der Waals surface area contributed by atoms with Crippen LogP contribution in [0.3, 0.4) is 0 Å². The van der Waals surface area contributed by atoms with Crippen molar-refractivity contribution in [1.29, 1.82) is 0 Å². The fraction of sp³-hybridized carbons (Fsp3) is 0.500. The first-order valence-corrected chi connectivity index (χ1v) is 8.53. The number of nitrogens with zero attached hydrogens (tertiary/aromatic N) is 2. The van der Waals surface area contributed by atoms with E-state index >= 15 is 0 Å². The average molecular weight is 352 g/mol. The Morgan fingerprint density at radius 3 is 2.75 bits per heavy atom. The quantitative estimate of drug-likeness (QED) is 0.561. The van der Waals surface area contributed by atoms with Crippen LogP contribution in [-0.2, 0) is 20.8 Å². The summed E-state index contributed by atoms with van der Waals surface area (Å²) in [5.41, 5.74) is 0.152. The van der Waals surface area contributed by atoms with Crippen molar-refractivity contribution in [3.05, 3.63) is 27.1 Å². The first kappa shape index (κ1) is 18.1. The van der Waals surface area contributed by atoms with Gasteiger partial charge in [-0.3, -0.25) is 14.2 Å². The number of fused-ring (bicyclic) bond motifs is 1. The molecule has 0 saturated carbocycles. The van der Waals surface area contributed by atoms with Gasteiger partial charge in [0.05, 0.1) is 25.4 Å². The second-order valence-corrected chi connectivity index (χ2v) is 6.33. The van der Waals surface area contributed by atoms with Gasteiger partial charge in [-0.1, -0.05) is 19.8 Å². The van der Waals surface area contributed by atoms with Crippen LogP contribution < -0.4 is 5.56 Å². The van der Waals surface area contributed by atoms with Crippen LogP contribution in [-0.4, -0.2) is 35.2 Å². The summed E-state index contributed by atoms with van der Waals surface area (Å²) in [6.07, 6.45) is 4.14. The third-order valence-corrected chi connectivity index (χ3v) is 4.78. The van der Waals surface area contributed by atoms with Crippen molar-refractivity contribution in [3.8, 4) is 0 Å². The third-order valence-electron chi connectivity index (χ3n) is 3.60. The van der Waals surface area contributed by atoms with Crippen LogP contribution in [0.5, 0.6) is 0 Å². The number of ether oxygens (including phenoxy) is 2. The summed E-state index contributed by atoms with van der Waals surface area (Å²) in [6, 6.07) is 0. The number of carbonyl (C=O) groups is 2. The number of aromatic nitrogens is 2. The summed E-state index contributed by atoms with van der Waals surface area (Å²) in [4.78, 5) is 41.1. The largest absolute Gasteiger partial charge is 0.465 e. The van der Waals surface area contributed by atoms with Gasteiger partial charge in [0.2, 0.25) is 0 Å². The van der Waals surface area contributed by atoms with E-state index in [2.05, 4.69) is 11.9 Å². The monoisotopic (exact) mass is 352 g/mol. The molecule has 0 saturated heterocycles. The molecule has 2 aromatic rings. The maximum absolute atomic E-state index is 12.6. The first-order chi connectivity index (χ1) is 11.5. The van der Waals surface area contributed by atoms with E-state index in [1.54, 1.807) is 6.92 Å². The van der Waals surface area contributed by atoms with E-state index in [1.807, 2.05) is 0 Å². The molecule has 0 aliphatic heterocycles. The minimum Gasteiger partial charge on any atom is -0.465 e. The summed E-state index contributed by atoms with van der Waals surface area (Å²) in [5, 5.41) is 0.335. The minimum atomic E-state index is -0.503. The summed E-state index contributed by atoms with van der Waals surface area (Å²) < 4.78 is 11.0. The fourth-order valence-electron chi connectivity index (χ4n) is 2.28. The van der Waals surface area contributed by atoms with Gasteiger partial charge >= 0.3 is 11.9 Å². The van der Waals surface area contributed by atoms with Crippen LogP contribution in [0.2, 0.25) is 0 Å². The lowest BCUT2D eigenvalue weighted by molar-refractivity contribution is -0.144. The molecular formula is C16H20N2O5S. The van der Waals surface area contributed by atoms with Crippen LogP contribution >= 0.6 is 11.3 Å². The maximum atomic E-state index is 12.6. The molecule has 2 heterocycles. The molecule has 24 heavy (non-hydrogen) atoms. The second-order valence-electron chi connectivity index (χ2n) is 5.33. The molecule has 0 atom stereocenters. The minimum absolute atomic E-state index is 0.198. The lowest BCUT2D eigenvalue weighted by atomic mass is 10.2. The van der Waals surface area contributed by atoms with Crippen molar-refractivity contribution in [2.75, 3.05) is 13.7 Å².